The van der Waals surface area contributed by atoms with Crippen LogP contribution in [-0.2, 0) is 15.7 Å². The van der Waals surface area contributed by atoms with E-state index in [9.17, 15) is 9.00 Å². The Morgan fingerprint density at radius 1 is 1.36 bits per heavy atom. The number of hydrogen-bond donors (Lipinski definition) is 0. The van der Waals surface area contributed by atoms with Crippen molar-refractivity contribution in [3.05, 3.63) is 51.6 Å². The van der Waals surface area contributed by atoms with Gasteiger partial charge in [0, 0.05) is 27.9 Å². The Morgan fingerprint density at radius 2 is 2.07 bits per heavy atom. The van der Waals surface area contributed by atoms with Gasteiger partial charge in [-0.1, -0.05) is 35.0 Å². The van der Waals surface area contributed by atoms with Crippen LogP contribution in [-0.4, -0.2) is 32.7 Å². The number of pyridine rings is 1. The van der Waals surface area contributed by atoms with Crippen LogP contribution in [0.25, 0.3) is 0 Å². The third kappa shape index (κ3) is 6.04. The molecule has 0 fully saturated rings. The van der Waals surface area contributed by atoms with E-state index >= 15 is 0 Å². The summed E-state index contributed by atoms with van der Waals surface area (Å²) in [5.74, 6) is -0.466. The van der Waals surface area contributed by atoms with E-state index in [0.717, 1.165) is 0 Å². The molecule has 0 spiro atoms. The second-order valence-electron chi connectivity index (χ2n) is 6.58. The first-order valence-electron chi connectivity index (χ1n) is 8.38. The summed E-state index contributed by atoms with van der Waals surface area (Å²) in [6, 6.07) is 6.57. The molecule has 0 saturated heterocycles. The fourth-order valence-corrected chi connectivity index (χ4v) is 4.08. The molecule has 0 amide bonds. The van der Waals surface area contributed by atoms with E-state index in [1.165, 1.54) is 18.0 Å². The second-order valence-corrected chi connectivity index (χ2v) is 10.4. The Hall–Kier alpha value is -1.41. The van der Waals surface area contributed by atoms with Crippen LogP contribution in [0.5, 0.6) is 0 Å². The minimum atomic E-state index is -1.44. The molecule has 1 unspecified atom stereocenters. The van der Waals surface area contributed by atoms with Gasteiger partial charge >= 0.3 is 5.97 Å². The largest absolute Gasteiger partial charge is 0.462 e. The van der Waals surface area contributed by atoms with E-state index in [1.807, 2.05) is 20.8 Å². The molecule has 0 bridgehead atoms. The number of ether oxygens (including phenoxy) is 1. The van der Waals surface area contributed by atoms with Crippen LogP contribution in [0.15, 0.2) is 44.8 Å². The number of rotatable bonds is 6. The zero-order valence-corrected chi connectivity index (χ0v) is 19.0. The number of nitrogens with zero attached hydrogens (tertiary/aromatic N) is 2. The summed E-state index contributed by atoms with van der Waals surface area (Å²) in [6.07, 6.45) is 3.06. The van der Waals surface area contributed by atoms with Crippen LogP contribution in [0.3, 0.4) is 0 Å². The zero-order chi connectivity index (χ0) is 20.9. The predicted octanol–water partition coefficient (Wildman–Crippen LogP) is 5.60. The van der Waals surface area contributed by atoms with Crippen LogP contribution in [0.2, 0.25) is 10.0 Å². The minimum absolute atomic E-state index is 0.260. The highest BCUT2D eigenvalue weighted by atomic mass is 35.5. The van der Waals surface area contributed by atoms with Gasteiger partial charge in [0.1, 0.15) is 16.0 Å². The number of halogens is 2. The first-order chi connectivity index (χ1) is 13.1. The number of esters is 1. The Bertz CT molecular complexity index is 928. The average Bonchev–Trinajstić information content (AvgIpc) is 2.61. The molecule has 0 aliphatic rings. The van der Waals surface area contributed by atoms with Crippen molar-refractivity contribution in [2.24, 2.45) is 4.40 Å². The van der Waals surface area contributed by atoms with Crippen molar-refractivity contribution in [2.45, 2.75) is 42.4 Å². The quantitative estimate of drug-likeness (QED) is 0.416. The molecule has 2 rings (SSSR count). The van der Waals surface area contributed by atoms with Gasteiger partial charge in [0.25, 0.3) is 0 Å². The summed E-state index contributed by atoms with van der Waals surface area (Å²) in [4.78, 5) is 17.1. The lowest BCUT2D eigenvalue weighted by molar-refractivity contribution is 0.0521. The first-order valence-corrected chi connectivity index (χ1v) is 11.1. The number of benzene rings is 1. The third-order valence-corrected chi connectivity index (χ3v) is 6.47. The Labute approximate surface area is 181 Å². The van der Waals surface area contributed by atoms with Crippen LogP contribution >= 0.6 is 35.0 Å². The summed E-state index contributed by atoms with van der Waals surface area (Å²) >= 11 is 13.7. The number of aromatic nitrogens is 1. The standard InChI is InChI=1S/C19H20Cl2N2O3S2/c1-5-26-18(24)14-7-6-8-22-17(14)27-16-12(9-13(20)10-15(16)21)11-23-28(25)19(2,3)4/h6-11H,5H2,1-4H3. The van der Waals surface area contributed by atoms with Crippen molar-refractivity contribution in [1.82, 2.24) is 4.98 Å². The van der Waals surface area contributed by atoms with Crippen LogP contribution in [0.4, 0.5) is 0 Å². The van der Waals surface area contributed by atoms with Crippen LogP contribution in [0, 0.1) is 0 Å². The van der Waals surface area contributed by atoms with Crippen molar-refractivity contribution in [1.29, 1.82) is 0 Å². The third-order valence-electron chi connectivity index (χ3n) is 3.31. The Kier molecular flexibility index (Phi) is 8.07. The molecule has 150 valence electrons. The van der Waals surface area contributed by atoms with Gasteiger partial charge in [-0.25, -0.2) is 14.0 Å². The summed E-state index contributed by atoms with van der Waals surface area (Å²) in [5.41, 5.74) is 0.919. The van der Waals surface area contributed by atoms with Crippen molar-refractivity contribution in [2.75, 3.05) is 6.61 Å². The molecule has 0 radical (unpaired) electrons. The van der Waals surface area contributed by atoms with Gasteiger partial charge in [0.05, 0.1) is 21.9 Å². The van der Waals surface area contributed by atoms with Gasteiger partial charge in [-0.2, -0.15) is 4.40 Å². The fourth-order valence-electron chi connectivity index (χ4n) is 1.98. The molecule has 5 nitrogen and oxygen atoms in total. The highest BCUT2D eigenvalue weighted by molar-refractivity contribution is 7.99. The molecule has 0 aliphatic carbocycles. The van der Waals surface area contributed by atoms with Gasteiger partial charge < -0.3 is 4.74 Å². The topological polar surface area (TPSA) is 68.6 Å². The Balaban J connectivity index is 2.46. The van der Waals surface area contributed by atoms with Gasteiger partial charge in [-0.05, 0) is 52.0 Å². The van der Waals surface area contributed by atoms with Gasteiger partial charge in [-0.15, -0.1) is 0 Å². The maximum Gasteiger partial charge on any atom is 0.340 e. The number of carbonyl (C=O) groups excluding carboxylic acids is 1. The fraction of sp³-hybridized carbons (Fsp3) is 0.316. The molecule has 2 aromatic rings. The molecule has 0 aliphatic heterocycles. The van der Waals surface area contributed by atoms with E-state index in [0.29, 0.717) is 31.1 Å². The molecular weight excluding hydrogens is 439 g/mol. The second kappa shape index (κ2) is 9.87. The summed E-state index contributed by atoms with van der Waals surface area (Å²) in [7, 11) is -1.44. The van der Waals surface area contributed by atoms with E-state index in [1.54, 1.807) is 37.4 Å². The maximum absolute atomic E-state index is 12.3. The number of hydrogen-bond acceptors (Lipinski definition) is 5. The zero-order valence-electron chi connectivity index (χ0n) is 15.9. The van der Waals surface area contributed by atoms with Crippen molar-refractivity contribution >= 4 is 58.1 Å². The minimum Gasteiger partial charge on any atom is -0.462 e. The summed E-state index contributed by atoms with van der Waals surface area (Å²) in [6.45, 7) is 7.50. The lowest BCUT2D eigenvalue weighted by Crippen LogP contribution is -2.19. The maximum atomic E-state index is 12.3. The molecular formula is C19H20Cl2N2O3S2. The highest BCUT2D eigenvalue weighted by Crippen LogP contribution is 2.38. The van der Waals surface area contributed by atoms with E-state index < -0.39 is 21.7 Å². The smallest absolute Gasteiger partial charge is 0.340 e. The molecule has 1 atom stereocenters. The van der Waals surface area contributed by atoms with Crippen LogP contribution in [0.1, 0.15) is 43.6 Å². The van der Waals surface area contributed by atoms with E-state index in [2.05, 4.69) is 9.38 Å². The number of carbonyl (C=O) groups is 1. The lowest BCUT2D eigenvalue weighted by atomic mass is 10.2. The molecule has 1 aromatic heterocycles. The highest BCUT2D eigenvalue weighted by Gasteiger charge is 2.20. The predicted molar refractivity (Wildman–Crippen MR) is 116 cm³/mol. The molecule has 0 saturated carbocycles. The SMILES string of the molecule is CCOC(=O)c1cccnc1Sc1c(Cl)cc(Cl)cc1C=NS(=O)C(C)(C)C. The molecule has 0 N–H and O–H groups in total. The van der Waals surface area contributed by atoms with E-state index in [4.69, 9.17) is 27.9 Å². The average molecular weight is 459 g/mol. The molecule has 28 heavy (non-hydrogen) atoms. The van der Waals surface area contributed by atoms with Gasteiger partial charge in [0.15, 0.2) is 0 Å². The lowest BCUT2D eigenvalue weighted by Gasteiger charge is -2.14. The van der Waals surface area contributed by atoms with Crippen LogP contribution < -0.4 is 0 Å². The normalized spacial score (nSPS) is 12.9. The van der Waals surface area contributed by atoms with Gasteiger partial charge in [-0.3, -0.25) is 0 Å². The monoisotopic (exact) mass is 458 g/mol. The van der Waals surface area contributed by atoms with Crippen molar-refractivity contribution < 1.29 is 13.7 Å². The molecule has 1 heterocycles. The summed E-state index contributed by atoms with van der Waals surface area (Å²) < 4.78 is 21.0. The van der Waals surface area contributed by atoms with Crippen molar-refractivity contribution in [3.8, 4) is 0 Å². The first kappa shape index (κ1) is 22.9. The molecule has 1 aromatic carbocycles. The van der Waals surface area contributed by atoms with Gasteiger partial charge in [0.2, 0.25) is 0 Å². The molecule has 9 heteroatoms. The van der Waals surface area contributed by atoms with Crippen molar-refractivity contribution in [3.63, 3.8) is 0 Å². The summed E-state index contributed by atoms with van der Waals surface area (Å²) in [5, 5.41) is 1.24. The van der Waals surface area contributed by atoms with E-state index in [-0.39, 0.29) is 6.61 Å². The Morgan fingerprint density at radius 3 is 2.71 bits per heavy atom.